The number of hydrogen-bond acceptors (Lipinski definition) is 4. The molecule has 0 fully saturated rings. The van der Waals surface area contributed by atoms with E-state index in [0.29, 0.717) is 16.9 Å². The van der Waals surface area contributed by atoms with Crippen molar-refractivity contribution < 1.29 is 4.79 Å². The van der Waals surface area contributed by atoms with Crippen LogP contribution in [-0.2, 0) is 0 Å². The van der Waals surface area contributed by atoms with E-state index in [1.165, 1.54) is 0 Å². The number of aryl methyl sites for hydroxylation is 1. The van der Waals surface area contributed by atoms with Gasteiger partial charge < -0.3 is 5.73 Å². The highest BCUT2D eigenvalue weighted by atomic mass is 16.1. The van der Waals surface area contributed by atoms with Crippen LogP contribution in [-0.4, -0.2) is 20.5 Å². The highest BCUT2D eigenvalue weighted by Crippen LogP contribution is 2.11. The van der Waals surface area contributed by atoms with Gasteiger partial charge in [0.25, 0.3) is 5.91 Å². The lowest BCUT2D eigenvalue weighted by Crippen LogP contribution is -2.13. The molecule has 100 valence electrons. The van der Waals surface area contributed by atoms with Gasteiger partial charge in [-0.15, -0.1) is 5.10 Å². The van der Waals surface area contributed by atoms with Gasteiger partial charge >= 0.3 is 0 Å². The molecule has 1 aromatic carbocycles. The average molecular weight is 267 g/mol. The molecule has 6 nitrogen and oxygen atoms in total. The quantitative estimate of drug-likeness (QED) is 0.694. The molecule has 0 unspecified atom stereocenters. The third kappa shape index (κ3) is 2.31. The van der Waals surface area contributed by atoms with E-state index in [0.717, 1.165) is 5.56 Å². The Labute approximate surface area is 115 Å². The molecule has 2 aromatic heterocycles. The number of carbonyl (C=O) groups is 1. The summed E-state index contributed by atoms with van der Waals surface area (Å²) < 4.78 is 1.61. The zero-order chi connectivity index (χ0) is 14.1. The molecular weight excluding hydrogens is 254 g/mol. The summed E-state index contributed by atoms with van der Waals surface area (Å²) in [6.45, 7) is 1.97. The van der Waals surface area contributed by atoms with Crippen LogP contribution in [0.25, 0.3) is 5.65 Å². The number of carbonyl (C=O) groups excluding carboxylic acids is 1. The second-order valence-corrected chi connectivity index (χ2v) is 4.52. The van der Waals surface area contributed by atoms with Gasteiger partial charge in [0.05, 0.1) is 0 Å². The molecule has 0 aliphatic heterocycles. The molecular formula is C14H13N5O. The van der Waals surface area contributed by atoms with E-state index in [1.807, 2.05) is 19.1 Å². The molecule has 3 rings (SSSR count). The monoisotopic (exact) mass is 267 g/mol. The minimum atomic E-state index is -0.287. The number of nitrogens with two attached hydrogens (primary N) is 1. The molecule has 0 saturated heterocycles. The third-order valence-electron chi connectivity index (χ3n) is 2.87. The Morgan fingerprint density at radius 2 is 2.15 bits per heavy atom. The van der Waals surface area contributed by atoms with Crippen LogP contribution >= 0.6 is 0 Å². The third-order valence-corrected chi connectivity index (χ3v) is 2.87. The Bertz CT molecular complexity index is 793. The van der Waals surface area contributed by atoms with Crippen LogP contribution in [0.3, 0.4) is 0 Å². The van der Waals surface area contributed by atoms with Crippen molar-refractivity contribution in [1.29, 1.82) is 0 Å². The molecule has 0 bridgehead atoms. The van der Waals surface area contributed by atoms with Gasteiger partial charge in [-0.3, -0.25) is 10.1 Å². The van der Waals surface area contributed by atoms with Gasteiger partial charge in [0.1, 0.15) is 0 Å². The Balaban J connectivity index is 1.87. The molecule has 0 saturated carbocycles. The summed E-state index contributed by atoms with van der Waals surface area (Å²) in [6, 6.07) is 10.6. The van der Waals surface area contributed by atoms with E-state index in [4.69, 9.17) is 5.73 Å². The van der Waals surface area contributed by atoms with E-state index in [1.54, 1.807) is 35.0 Å². The SMILES string of the molecule is Cc1ccn2nc(NC(=O)c3cccc(N)c3)nc2c1. The molecule has 0 spiro atoms. The number of nitrogen functional groups attached to an aromatic ring is 1. The van der Waals surface area contributed by atoms with Crippen LogP contribution in [0, 0.1) is 6.92 Å². The van der Waals surface area contributed by atoms with Gasteiger partial charge in [0, 0.05) is 17.4 Å². The van der Waals surface area contributed by atoms with E-state index in [-0.39, 0.29) is 11.9 Å². The fourth-order valence-corrected chi connectivity index (χ4v) is 1.89. The molecule has 3 aromatic rings. The van der Waals surface area contributed by atoms with E-state index >= 15 is 0 Å². The van der Waals surface area contributed by atoms with Crippen LogP contribution in [0.5, 0.6) is 0 Å². The Morgan fingerprint density at radius 1 is 1.30 bits per heavy atom. The van der Waals surface area contributed by atoms with Crippen molar-refractivity contribution in [3.05, 3.63) is 53.7 Å². The van der Waals surface area contributed by atoms with Crippen LogP contribution < -0.4 is 11.1 Å². The topological polar surface area (TPSA) is 85.3 Å². The summed E-state index contributed by atoms with van der Waals surface area (Å²) in [5.41, 5.74) is 8.43. The number of anilines is 2. The summed E-state index contributed by atoms with van der Waals surface area (Å²) in [4.78, 5) is 16.3. The van der Waals surface area contributed by atoms with Crippen molar-refractivity contribution in [2.24, 2.45) is 0 Å². The number of benzene rings is 1. The summed E-state index contributed by atoms with van der Waals surface area (Å²) in [6.07, 6.45) is 1.80. The fraction of sp³-hybridized carbons (Fsp3) is 0.0714. The predicted octanol–water partition coefficient (Wildman–Crippen LogP) is 1.87. The van der Waals surface area contributed by atoms with Crippen molar-refractivity contribution in [2.45, 2.75) is 6.92 Å². The van der Waals surface area contributed by atoms with Crippen molar-refractivity contribution in [3.63, 3.8) is 0 Å². The number of aromatic nitrogens is 3. The van der Waals surface area contributed by atoms with Crippen LogP contribution in [0.1, 0.15) is 15.9 Å². The van der Waals surface area contributed by atoms with Crippen LogP contribution in [0.2, 0.25) is 0 Å². The minimum absolute atomic E-state index is 0.267. The maximum absolute atomic E-state index is 12.1. The zero-order valence-corrected chi connectivity index (χ0v) is 10.9. The second kappa shape index (κ2) is 4.65. The number of rotatable bonds is 2. The minimum Gasteiger partial charge on any atom is -0.399 e. The van der Waals surface area contributed by atoms with Crippen LogP contribution in [0.4, 0.5) is 11.6 Å². The first-order valence-corrected chi connectivity index (χ1v) is 6.12. The maximum Gasteiger partial charge on any atom is 0.258 e. The highest BCUT2D eigenvalue weighted by Gasteiger charge is 2.10. The van der Waals surface area contributed by atoms with E-state index < -0.39 is 0 Å². The van der Waals surface area contributed by atoms with Gasteiger partial charge in [-0.1, -0.05) is 6.07 Å². The largest absolute Gasteiger partial charge is 0.399 e. The van der Waals surface area contributed by atoms with Gasteiger partial charge in [0.2, 0.25) is 5.95 Å². The number of nitrogens with one attached hydrogen (secondary N) is 1. The van der Waals surface area contributed by atoms with Gasteiger partial charge in [0.15, 0.2) is 5.65 Å². The first kappa shape index (κ1) is 12.2. The second-order valence-electron chi connectivity index (χ2n) is 4.52. The number of pyridine rings is 1. The lowest BCUT2D eigenvalue weighted by Gasteiger charge is -2.01. The lowest BCUT2D eigenvalue weighted by molar-refractivity contribution is 0.102. The van der Waals surface area contributed by atoms with Crippen molar-refractivity contribution in [1.82, 2.24) is 14.6 Å². The molecule has 3 N–H and O–H groups in total. The molecule has 0 aliphatic carbocycles. The normalized spacial score (nSPS) is 10.7. The highest BCUT2D eigenvalue weighted by molar-refractivity contribution is 6.03. The number of nitrogens with zero attached hydrogens (tertiary/aromatic N) is 3. The standard InChI is InChI=1S/C14H13N5O/c1-9-5-6-19-12(7-9)16-14(18-19)17-13(20)10-3-2-4-11(15)8-10/h2-8H,15H2,1H3,(H,17,18,20). The zero-order valence-electron chi connectivity index (χ0n) is 10.9. The number of fused-ring (bicyclic) bond motifs is 1. The summed E-state index contributed by atoms with van der Waals surface area (Å²) in [7, 11) is 0. The first-order chi connectivity index (χ1) is 9.61. The Hall–Kier alpha value is -2.89. The summed E-state index contributed by atoms with van der Waals surface area (Å²) in [5.74, 6) is -0.0204. The van der Waals surface area contributed by atoms with E-state index in [2.05, 4.69) is 15.4 Å². The Morgan fingerprint density at radius 3 is 2.95 bits per heavy atom. The fourth-order valence-electron chi connectivity index (χ4n) is 1.89. The number of hydrogen-bond donors (Lipinski definition) is 2. The Kier molecular flexibility index (Phi) is 2.83. The molecule has 0 atom stereocenters. The smallest absolute Gasteiger partial charge is 0.258 e. The maximum atomic E-state index is 12.1. The lowest BCUT2D eigenvalue weighted by atomic mass is 10.2. The van der Waals surface area contributed by atoms with Crippen molar-refractivity contribution in [2.75, 3.05) is 11.1 Å². The van der Waals surface area contributed by atoms with Crippen molar-refractivity contribution >= 4 is 23.2 Å². The van der Waals surface area contributed by atoms with Crippen molar-refractivity contribution in [3.8, 4) is 0 Å². The predicted molar refractivity (Wildman–Crippen MR) is 76.5 cm³/mol. The first-order valence-electron chi connectivity index (χ1n) is 6.12. The van der Waals surface area contributed by atoms with Gasteiger partial charge in [-0.25, -0.2) is 4.52 Å². The summed E-state index contributed by atoms with van der Waals surface area (Å²) in [5, 5.41) is 6.84. The van der Waals surface area contributed by atoms with Gasteiger partial charge in [-0.05, 0) is 42.8 Å². The van der Waals surface area contributed by atoms with Crippen LogP contribution in [0.15, 0.2) is 42.6 Å². The molecule has 0 radical (unpaired) electrons. The molecule has 2 heterocycles. The molecule has 20 heavy (non-hydrogen) atoms. The molecule has 6 heteroatoms. The number of amides is 1. The average Bonchev–Trinajstić information content (AvgIpc) is 2.80. The van der Waals surface area contributed by atoms with E-state index in [9.17, 15) is 4.79 Å². The van der Waals surface area contributed by atoms with Gasteiger partial charge in [-0.2, -0.15) is 4.98 Å². The summed E-state index contributed by atoms with van der Waals surface area (Å²) >= 11 is 0. The molecule has 0 aliphatic rings. The molecule has 1 amide bonds.